The molecule has 0 aromatic heterocycles. The Balaban J connectivity index is 2.66. The first kappa shape index (κ1) is 15.0. The molecule has 1 unspecified atom stereocenters. The second-order valence-electron chi connectivity index (χ2n) is 3.83. The number of hydrogen-bond acceptors (Lipinski definition) is 2. The van der Waals surface area contributed by atoms with Crippen molar-refractivity contribution in [3.8, 4) is 0 Å². The number of amides is 1. The number of ether oxygens (including phenoxy) is 1. The zero-order valence-corrected chi connectivity index (χ0v) is 11.8. The summed E-state index contributed by atoms with van der Waals surface area (Å²) < 4.78 is 4.92. The van der Waals surface area contributed by atoms with Gasteiger partial charge in [0.05, 0.1) is 6.61 Å². The third-order valence-corrected chi connectivity index (χ3v) is 2.87. The van der Waals surface area contributed by atoms with Gasteiger partial charge in [-0.15, -0.1) is 0 Å². The van der Waals surface area contributed by atoms with Crippen LogP contribution in [0, 0.1) is 0 Å². The minimum Gasteiger partial charge on any atom is -0.383 e. The quantitative estimate of drug-likeness (QED) is 0.845. The van der Waals surface area contributed by atoms with Crippen LogP contribution in [0.15, 0.2) is 24.3 Å². The number of nitrogens with one attached hydrogen (secondary N) is 1. The molecule has 3 nitrogen and oxygen atoms in total. The van der Waals surface area contributed by atoms with Crippen molar-refractivity contribution < 1.29 is 9.53 Å². The average molecular weight is 288 g/mol. The molecule has 0 saturated heterocycles. The summed E-state index contributed by atoms with van der Waals surface area (Å²) in [6.07, 6.45) is 3.00. The molecule has 5 heteroatoms. The molecule has 1 amide bonds. The molecule has 0 heterocycles. The van der Waals surface area contributed by atoms with Gasteiger partial charge in [-0.2, -0.15) is 0 Å². The van der Waals surface area contributed by atoms with Crippen molar-refractivity contribution in [2.75, 3.05) is 13.7 Å². The summed E-state index contributed by atoms with van der Waals surface area (Å²) in [5.41, 5.74) is 0.635. The molecular formula is C13H15Cl2NO2. The van der Waals surface area contributed by atoms with Crippen molar-refractivity contribution in [1.82, 2.24) is 5.32 Å². The minimum absolute atomic E-state index is 0.0473. The molecule has 1 rings (SSSR count). The van der Waals surface area contributed by atoms with Gasteiger partial charge in [-0.05, 0) is 25.1 Å². The molecule has 0 radical (unpaired) electrons. The smallest absolute Gasteiger partial charge is 0.244 e. The van der Waals surface area contributed by atoms with Crippen LogP contribution in [0.1, 0.15) is 12.5 Å². The fraction of sp³-hybridized carbons (Fsp3) is 0.308. The molecule has 1 aromatic carbocycles. The number of benzene rings is 1. The highest BCUT2D eigenvalue weighted by Gasteiger charge is 2.05. The van der Waals surface area contributed by atoms with E-state index in [9.17, 15) is 4.79 Å². The predicted molar refractivity (Wildman–Crippen MR) is 75.0 cm³/mol. The molecule has 1 atom stereocenters. The molecule has 0 aliphatic carbocycles. The van der Waals surface area contributed by atoms with Crippen LogP contribution in [0.25, 0.3) is 6.08 Å². The van der Waals surface area contributed by atoms with E-state index in [4.69, 9.17) is 27.9 Å². The number of halogens is 2. The summed E-state index contributed by atoms with van der Waals surface area (Å²) in [6, 6.07) is 5.15. The molecule has 0 aliphatic heterocycles. The molecular weight excluding hydrogens is 273 g/mol. The van der Waals surface area contributed by atoms with Gasteiger partial charge in [-0.1, -0.05) is 29.3 Å². The zero-order valence-electron chi connectivity index (χ0n) is 10.2. The van der Waals surface area contributed by atoms with Crippen molar-refractivity contribution in [3.05, 3.63) is 39.9 Å². The Morgan fingerprint density at radius 2 is 2.06 bits per heavy atom. The van der Waals surface area contributed by atoms with Crippen LogP contribution in [-0.2, 0) is 9.53 Å². The third kappa shape index (κ3) is 4.69. The van der Waals surface area contributed by atoms with Gasteiger partial charge in [0.25, 0.3) is 0 Å². The van der Waals surface area contributed by atoms with Crippen molar-refractivity contribution >= 4 is 35.2 Å². The van der Waals surface area contributed by atoms with E-state index in [1.807, 2.05) is 6.92 Å². The lowest BCUT2D eigenvalue weighted by atomic mass is 10.2. The lowest BCUT2D eigenvalue weighted by molar-refractivity contribution is -0.117. The van der Waals surface area contributed by atoms with Gasteiger partial charge < -0.3 is 10.1 Å². The van der Waals surface area contributed by atoms with Gasteiger partial charge in [0, 0.05) is 34.8 Å². The number of hydrogen-bond donors (Lipinski definition) is 1. The lowest BCUT2D eigenvalue weighted by Crippen LogP contribution is -2.34. The number of methoxy groups -OCH3 is 1. The van der Waals surface area contributed by atoms with Crippen LogP contribution < -0.4 is 5.32 Å². The summed E-state index contributed by atoms with van der Waals surface area (Å²) in [6.45, 7) is 2.32. The van der Waals surface area contributed by atoms with E-state index in [2.05, 4.69) is 5.32 Å². The second kappa shape index (κ2) is 7.41. The van der Waals surface area contributed by atoms with Gasteiger partial charge in [-0.3, -0.25) is 4.79 Å². The summed E-state index contributed by atoms with van der Waals surface area (Å²) in [5, 5.41) is 3.77. The van der Waals surface area contributed by atoms with Crippen molar-refractivity contribution in [2.45, 2.75) is 13.0 Å². The maximum Gasteiger partial charge on any atom is 0.244 e. The molecule has 18 heavy (non-hydrogen) atoms. The highest BCUT2D eigenvalue weighted by molar-refractivity contribution is 6.37. The molecule has 1 aromatic rings. The molecule has 0 aliphatic rings. The van der Waals surface area contributed by atoms with Gasteiger partial charge in [0.1, 0.15) is 0 Å². The standard InChI is InChI=1S/C13H15Cl2NO2/c1-9(8-18-2)16-13(17)7-6-10-11(14)4-3-5-12(10)15/h3-7,9H,8H2,1-2H3,(H,16,17). The normalized spacial score (nSPS) is 12.7. The Morgan fingerprint density at radius 3 is 2.61 bits per heavy atom. The SMILES string of the molecule is COCC(C)NC(=O)C=Cc1c(Cl)cccc1Cl. The molecule has 0 saturated carbocycles. The van der Waals surface area contributed by atoms with Crippen LogP contribution in [0.5, 0.6) is 0 Å². The average Bonchev–Trinajstić information content (AvgIpc) is 2.28. The van der Waals surface area contributed by atoms with Crippen LogP contribution in [-0.4, -0.2) is 25.7 Å². The van der Waals surface area contributed by atoms with Gasteiger partial charge in [-0.25, -0.2) is 0 Å². The molecule has 0 spiro atoms. The van der Waals surface area contributed by atoms with Gasteiger partial charge >= 0.3 is 0 Å². The summed E-state index contributed by atoms with van der Waals surface area (Å²) in [7, 11) is 1.59. The number of carbonyl (C=O) groups excluding carboxylic acids is 1. The van der Waals surface area contributed by atoms with E-state index in [-0.39, 0.29) is 11.9 Å². The number of carbonyl (C=O) groups is 1. The summed E-state index contributed by atoms with van der Waals surface area (Å²) in [5.74, 6) is -0.212. The highest BCUT2D eigenvalue weighted by atomic mass is 35.5. The molecule has 0 fully saturated rings. The third-order valence-electron chi connectivity index (χ3n) is 2.21. The molecule has 1 N–H and O–H groups in total. The first-order valence-corrected chi connectivity index (χ1v) is 6.21. The van der Waals surface area contributed by atoms with Crippen LogP contribution in [0.4, 0.5) is 0 Å². The Hall–Kier alpha value is -1.03. The van der Waals surface area contributed by atoms with Crippen LogP contribution >= 0.6 is 23.2 Å². The Morgan fingerprint density at radius 1 is 1.44 bits per heavy atom. The Labute approximate surface area is 117 Å². The van der Waals surface area contributed by atoms with E-state index in [1.54, 1.807) is 31.4 Å². The van der Waals surface area contributed by atoms with E-state index in [0.717, 1.165) is 0 Å². The number of rotatable bonds is 5. The first-order valence-electron chi connectivity index (χ1n) is 5.46. The fourth-order valence-corrected chi connectivity index (χ4v) is 1.94. The zero-order chi connectivity index (χ0) is 13.5. The van der Waals surface area contributed by atoms with E-state index >= 15 is 0 Å². The Bertz CT molecular complexity index is 426. The topological polar surface area (TPSA) is 38.3 Å². The van der Waals surface area contributed by atoms with Gasteiger partial charge in [0.2, 0.25) is 5.91 Å². The molecule has 0 bridgehead atoms. The van der Waals surface area contributed by atoms with E-state index in [0.29, 0.717) is 22.2 Å². The van der Waals surface area contributed by atoms with Gasteiger partial charge in [0.15, 0.2) is 0 Å². The highest BCUT2D eigenvalue weighted by Crippen LogP contribution is 2.25. The monoisotopic (exact) mass is 287 g/mol. The van der Waals surface area contributed by atoms with Crippen LogP contribution in [0.3, 0.4) is 0 Å². The summed E-state index contributed by atoms with van der Waals surface area (Å²) in [4.78, 5) is 11.6. The van der Waals surface area contributed by atoms with Crippen molar-refractivity contribution in [3.63, 3.8) is 0 Å². The van der Waals surface area contributed by atoms with E-state index in [1.165, 1.54) is 6.08 Å². The predicted octanol–water partition coefficient (Wildman–Crippen LogP) is 3.16. The first-order chi connectivity index (χ1) is 8.54. The van der Waals surface area contributed by atoms with Crippen LogP contribution in [0.2, 0.25) is 10.0 Å². The largest absolute Gasteiger partial charge is 0.383 e. The second-order valence-corrected chi connectivity index (χ2v) is 4.65. The van der Waals surface area contributed by atoms with Crippen molar-refractivity contribution in [2.24, 2.45) is 0 Å². The van der Waals surface area contributed by atoms with Crippen molar-refractivity contribution in [1.29, 1.82) is 0 Å². The maximum absolute atomic E-state index is 11.6. The maximum atomic E-state index is 11.6. The Kier molecular flexibility index (Phi) is 6.19. The summed E-state index contributed by atoms with van der Waals surface area (Å²) >= 11 is 12.0. The fourth-order valence-electron chi connectivity index (χ4n) is 1.41. The van der Waals surface area contributed by atoms with E-state index < -0.39 is 0 Å². The lowest BCUT2D eigenvalue weighted by Gasteiger charge is -2.10. The molecule has 98 valence electrons. The minimum atomic E-state index is -0.212.